The first-order valence-corrected chi connectivity index (χ1v) is 5.70. The standard InChI is InChI=1S/C12H10Cl2FN/c1-6(2)10-5-9(14)12-8(13)3-7(15)4-11(12)16-10/h3-6H,1-2H3. The summed E-state index contributed by atoms with van der Waals surface area (Å²) in [4.78, 5) is 4.35. The van der Waals surface area contributed by atoms with E-state index in [1.165, 1.54) is 12.1 Å². The van der Waals surface area contributed by atoms with Gasteiger partial charge in [-0.25, -0.2) is 4.39 Å². The van der Waals surface area contributed by atoms with Crippen molar-refractivity contribution in [2.75, 3.05) is 0 Å². The Balaban J connectivity index is 2.81. The summed E-state index contributed by atoms with van der Waals surface area (Å²) in [5.41, 5.74) is 1.33. The molecule has 0 aliphatic carbocycles. The van der Waals surface area contributed by atoms with Gasteiger partial charge in [0.15, 0.2) is 0 Å². The van der Waals surface area contributed by atoms with Gasteiger partial charge in [-0.1, -0.05) is 37.0 Å². The number of hydrogen-bond acceptors (Lipinski definition) is 1. The fraction of sp³-hybridized carbons (Fsp3) is 0.250. The highest BCUT2D eigenvalue weighted by Crippen LogP contribution is 2.32. The predicted octanol–water partition coefficient (Wildman–Crippen LogP) is 4.80. The molecule has 0 saturated heterocycles. The van der Waals surface area contributed by atoms with Crippen molar-refractivity contribution in [1.29, 1.82) is 0 Å². The van der Waals surface area contributed by atoms with E-state index in [1.54, 1.807) is 6.07 Å². The second kappa shape index (κ2) is 4.19. The second-order valence-corrected chi connectivity index (χ2v) is 4.78. The van der Waals surface area contributed by atoms with Crippen LogP contribution in [0.2, 0.25) is 10.0 Å². The van der Waals surface area contributed by atoms with Crippen LogP contribution in [0.3, 0.4) is 0 Å². The maximum absolute atomic E-state index is 13.2. The van der Waals surface area contributed by atoms with Crippen molar-refractivity contribution in [2.24, 2.45) is 0 Å². The molecule has 0 aliphatic heterocycles. The lowest BCUT2D eigenvalue weighted by molar-refractivity contribution is 0.629. The maximum Gasteiger partial charge on any atom is 0.126 e. The highest BCUT2D eigenvalue weighted by molar-refractivity contribution is 6.42. The molecule has 0 atom stereocenters. The first-order chi connectivity index (χ1) is 7.49. The maximum atomic E-state index is 13.2. The van der Waals surface area contributed by atoms with Gasteiger partial charge >= 0.3 is 0 Å². The monoisotopic (exact) mass is 257 g/mol. The normalized spacial score (nSPS) is 11.4. The molecule has 16 heavy (non-hydrogen) atoms. The molecular weight excluding hydrogens is 248 g/mol. The fourth-order valence-corrected chi connectivity index (χ4v) is 2.22. The average Bonchev–Trinajstić information content (AvgIpc) is 2.15. The van der Waals surface area contributed by atoms with E-state index < -0.39 is 5.82 Å². The van der Waals surface area contributed by atoms with Gasteiger partial charge < -0.3 is 0 Å². The summed E-state index contributed by atoms with van der Waals surface area (Å²) < 4.78 is 13.2. The minimum atomic E-state index is -0.401. The zero-order valence-corrected chi connectivity index (χ0v) is 10.4. The molecule has 0 amide bonds. The van der Waals surface area contributed by atoms with Crippen molar-refractivity contribution in [1.82, 2.24) is 4.98 Å². The summed E-state index contributed by atoms with van der Waals surface area (Å²) >= 11 is 12.1. The summed E-state index contributed by atoms with van der Waals surface area (Å²) in [6.07, 6.45) is 0. The van der Waals surface area contributed by atoms with Crippen LogP contribution in [0.5, 0.6) is 0 Å². The molecule has 0 fully saturated rings. The minimum Gasteiger partial charge on any atom is -0.252 e. The van der Waals surface area contributed by atoms with E-state index in [2.05, 4.69) is 4.98 Å². The van der Waals surface area contributed by atoms with E-state index in [0.717, 1.165) is 5.69 Å². The molecule has 1 nitrogen and oxygen atoms in total. The molecule has 4 heteroatoms. The lowest BCUT2D eigenvalue weighted by Gasteiger charge is -2.09. The van der Waals surface area contributed by atoms with Crippen molar-refractivity contribution in [2.45, 2.75) is 19.8 Å². The van der Waals surface area contributed by atoms with Crippen molar-refractivity contribution in [3.05, 3.63) is 39.8 Å². The highest BCUT2D eigenvalue weighted by Gasteiger charge is 2.11. The van der Waals surface area contributed by atoms with Gasteiger partial charge in [-0.05, 0) is 18.1 Å². The van der Waals surface area contributed by atoms with E-state index in [4.69, 9.17) is 23.2 Å². The topological polar surface area (TPSA) is 12.9 Å². The van der Waals surface area contributed by atoms with Crippen molar-refractivity contribution < 1.29 is 4.39 Å². The van der Waals surface area contributed by atoms with E-state index in [1.807, 2.05) is 13.8 Å². The number of halogens is 3. The van der Waals surface area contributed by atoms with Gasteiger partial charge in [-0.15, -0.1) is 0 Å². The molecule has 1 aromatic heterocycles. The Morgan fingerprint density at radius 2 is 1.75 bits per heavy atom. The lowest BCUT2D eigenvalue weighted by atomic mass is 10.1. The zero-order valence-electron chi connectivity index (χ0n) is 8.89. The van der Waals surface area contributed by atoms with Gasteiger partial charge in [0.1, 0.15) is 5.82 Å². The zero-order chi connectivity index (χ0) is 11.9. The van der Waals surface area contributed by atoms with Crippen LogP contribution < -0.4 is 0 Å². The fourth-order valence-electron chi connectivity index (χ4n) is 1.55. The van der Waals surface area contributed by atoms with Crippen LogP contribution in [0.15, 0.2) is 18.2 Å². The number of rotatable bonds is 1. The molecule has 1 heterocycles. The van der Waals surface area contributed by atoms with Crippen molar-refractivity contribution in [3.8, 4) is 0 Å². The molecule has 2 aromatic rings. The average molecular weight is 258 g/mol. The number of fused-ring (bicyclic) bond motifs is 1. The highest BCUT2D eigenvalue weighted by atomic mass is 35.5. The Bertz CT molecular complexity index is 552. The first-order valence-electron chi connectivity index (χ1n) is 4.94. The Labute approximate surface area is 103 Å². The van der Waals surface area contributed by atoms with Crippen LogP contribution >= 0.6 is 23.2 Å². The molecule has 0 spiro atoms. The Kier molecular flexibility index (Phi) is 3.04. The van der Waals surface area contributed by atoms with Gasteiger partial charge in [0, 0.05) is 17.1 Å². The number of aromatic nitrogens is 1. The van der Waals surface area contributed by atoms with Crippen LogP contribution in [0.4, 0.5) is 4.39 Å². The lowest BCUT2D eigenvalue weighted by Crippen LogP contribution is -1.94. The summed E-state index contributed by atoms with van der Waals surface area (Å²) in [7, 11) is 0. The third kappa shape index (κ3) is 2.00. The largest absolute Gasteiger partial charge is 0.252 e. The third-order valence-corrected chi connectivity index (χ3v) is 2.98. The first kappa shape index (κ1) is 11.6. The Hall–Kier alpha value is -0.860. The molecule has 0 unspecified atom stereocenters. The number of hydrogen-bond donors (Lipinski definition) is 0. The van der Waals surface area contributed by atoms with Crippen molar-refractivity contribution in [3.63, 3.8) is 0 Å². The second-order valence-electron chi connectivity index (χ2n) is 3.97. The molecule has 0 N–H and O–H groups in total. The summed E-state index contributed by atoms with van der Waals surface area (Å²) in [6, 6.07) is 4.36. The third-order valence-electron chi connectivity index (χ3n) is 2.39. The van der Waals surface area contributed by atoms with E-state index in [9.17, 15) is 4.39 Å². The van der Waals surface area contributed by atoms with E-state index >= 15 is 0 Å². The number of benzene rings is 1. The van der Waals surface area contributed by atoms with Crippen LogP contribution in [0, 0.1) is 5.82 Å². The SMILES string of the molecule is CC(C)c1cc(Cl)c2c(Cl)cc(F)cc2n1. The number of pyridine rings is 1. The quantitative estimate of drug-likeness (QED) is 0.715. The molecule has 0 bridgehead atoms. The van der Waals surface area contributed by atoms with Crippen molar-refractivity contribution >= 4 is 34.1 Å². The predicted molar refractivity (Wildman–Crippen MR) is 65.8 cm³/mol. The molecule has 84 valence electrons. The minimum absolute atomic E-state index is 0.240. The van der Waals surface area contributed by atoms with Crippen LogP contribution in [-0.4, -0.2) is 4.98 Å². The van der Waals surface area contributed by atoms with Gasteiger partial charge in [0.25, 0.3) is 0 Å². The summed E-state index contributed by atoms with van der Waals surface area (Å²) in [5.74, 6) is -0.161. The molecule has 2 rings (SSSR count). The molecule has 0 saturated carbocycles. The molecule has 0 aliphatic rings. The smallest absolute Gasteiger partial charge is 0.126 e. The van der Waals surface area contributed by atoms with Crippen LogP contribution in [-0.2, 0) is 0 Å². The molecule has 0 radical (unpaired) electrons. The Morgan fingerprint density at radius 3 is 2.38 bits per heavy atom. The van der Waals surface area contributed by atoms with Gasteiger partial charge in [-0.3, -0.25) is 4.98 Å². The van der Waals surface area contributed by atoms with Crippen LogP contribution in [0.1, 0.15) is 25.5 Å². The molecular formula is C12H10Cl2FN. The molecule has 1 aromatic carbocycles. The van der Waals surface area contributed by atoms with E-state index in [-0.39, 0.29) is 5.92 Å². The number of nitrogens with zero attached hydrogens (tertiary/aromatic N) is 1. The Morgan fingerprint density at radius 1 is 1.12 bits per heavy atom. The van der Waals surface area contributed by atoms with Gasteiger partial charge in [0.2, 0.25) is 0 Å². The van der Waals surface area contributed by atoms with Gasteiger partial charge in [-0.2, -0.15) is 0 Å². The van der Waals surface area contributed by atoms with Crippen LogP contribution in [0.25, 0.3) is 10.9 Å². The summed E-state index contributed by atoms with van der Waals surface area (Å²) in [6.45, 7) is 4.01. The van der Waals surface area contributed by atoms with E-state index in [0.29, 0.717) is 20.9 Å². The van der Waals surface area contributed by atoms with Gasteiger partial charge in [0.05, 0.1) is 15.6 Å². The summed E-state index contributed by atoms with van der Waals surface area (Å²) in [5, 5.41) is 1.41.